The minimum absolute atomic E-state index is 0.100. The number of fused-ring (bicyclic) bond motifs is 1. The van der Waals surface area contributed by atoms with E-state index in [4.69, 9.17) is 4.42 Å². The zero-order valence-corrected chi connectivity index (χ0v) is 17.8. The number of thioether (sulfide) groups is 1. The molecule has 3 rings (SSSR count). The van der Waals surface area contributed by atoms with Crippen molar-refractivity contribution in [1.29, 1.82) is 0 Å². The van der Waals surface area contributed by atoms with Crippen LogP contribution in [0.15, 0.2) is 52.9 Å². The van der Waals surface area contributed by atoms with Crippen LogP contribution in [-0.2, 0) is 12.2 Å². The fourth-order valence-corrected chi connectivity index (χ4v) is 3.99. The van der Waals surface area contributed by atoms with E-state index in [0.29, 0.717) is 12.3 Å². The van der Waals surface area contributed by atoms with Gasteiger partial charge in [0.2, 0.25) is 0 Å². The van der Waals surface area contributed by atoms with Crippen LogP contribution in [0, 0.1) is 0 Å². The van der Waals surface area contributed by atoms with Gasteiger partial charge in [0.1, 0.15) is 5.58 Å². The molecule has 1 amide bonds. The highest BCUT2D eigenvalue weighted by atomic mass is 32.2. The van der Waals surface area contributed by atoms with E-state index < -0.39 is 0 Å². The van der Waals surface area contributed by atoms with Crippen molar-refractivity contribution in [2.75, 3.05) is 26.9 Å². The zero-order chi connectivity index (χ0) is 20.1. The van der Waals surface area contributed by atoms with Gasteiger partial charge < -0.3 is 14.6 Å². The van der Waals surface area contributed by atoms with Crippen LogP contribution in [0.4, 0.5) is 0 Å². The van der Waals surface area contributed by atoms with Gasteiger partial charge in [0, 0.05) is 23.2 Å². The quantitative estimate of drug-likeness (QED) is 0.589. The van der Waals surface area contributed by atoms with Crippen molar-refractivity contribution in [1.82, 2.24) is 10.2 Å². The molecule has 0 unspecified atom stereocenters. The highest BCUT2D eigenvalue weighted by Gasteiger charge is 2.22. The molecule has 4 nitrogen and oxygen atoms in total. The van der Waals surface area contributed by atoms with E-state index in [-0.39, 0.29) is 11.9 Å². The third kappa shape index (κ3) is 4.42. The molecule has 0 spiro atoms. The molecule has 0 aliphatic rings. The third-order valence-corrected chi connectivity index (χ3v) is 5.62. The number of rotatable bonds is 8. The zero-order valence-electron chi connectivity index (χ0n) is 17.0. The molecule has 3 aromatic rings. The monoisotopic (exact) mass is 396 g/mol. The number of aryl methyl sites for hydroxylation is 1. The van der Waals surface area contributed by atoms with Crippen molar-refractivity contribution < 1.29 is 9.21 Å². The first-order valence-corrected chi connectivity index (χ1v) is 11.0. The van der Waals surface area contributed by atoms with E-state index in [1.165, 1.54) is 11.1 Å². The number of hydrogen-bond acceptors (Lipinski definition) is 4. The van der Waals surface area contributed by atoms with Crippen molar-refractivity contribution in [2.24, 2.45) is 0 Å². The summed E-state index contributed by atoms with van der Waals surface area (Å²) in [7, 11) is 4.07. The van der Waals surface area contributed by atoms with Gasteiger partial charge in [0.15, 0.2) is 5.76 Å². The van der Waals surface area contributed by atoms with Gasteiger partial charge in [-0.2, -0.15) is 11.8 Å². The number of furan rings is 1. The second-order valence-electron chi connectivity index (χ2n) is 7.12. The lowest BCUT2D eigenvalue weighted by molar-refractivity contribution is 0.0915. The maximum atomic E-state index is 12.9. The number of amides is 1. The van der Waals surface area contributed by atoms with Gasteiger partial charge in [-0.1, -0.05) is 49.4 Å². The Morgan fingerprint density at radius 2 is 1.86 bits per heavy atom. The summed E-state index contributed by atoms with van der Waals surface area (Å²) in [5, 5.41) is 4.10. The summed E-state index contributed by atoms with van der Waals surface area (Å²) in [4.78, 5) is 15.1. The van der Waals surface area contributed by atoms with E-state index in [0.717, 1.165) is 28.7 Å². The lowest BCUT2D eigenvalue weighted by Crippen LogP contribution is -2.34. The molecule has 1 heterocycles. The van der Waals surface area contributed by atoms with Crippen LogP contribution in [-0.4, -0.2) is 37.7 Å². The maximum Gasteiger partial charge on any atom is 0.287 e. The summed E-state index contributed by atoms with van der Waals surface area (Å²) in [6, 6.07) is 16.5. The number of likely N-dealkylation sites (N-methyl/N-ethyl adjacent to an activating group) is 1. The van der Waals surface area contributed by atoms with Crippen molar-refractivity contribution in [3.8, 4) is 0 Å². The lowest BCUT2D eigenvalue weighted by Gasteiger charge is -2.25. The Labute approximate surface area is 171 Å². The Morgan fingerprint density at radius 1 is 1.14 bits per heavy atom. The van der Waals surface area contributed by atoms with E-state index in [9.17, 15) is 4.79 Å². The van der Waals surface area contributed by atoms with Gasteiger partial charge in [-0.15, -0.1) is 0 Å². The van der Waals surface area contributed by atoms with Crippen molar-refractivity contribution >= 4 is 28.6 Å². The number of nitrogens with zero attached hydrogens (tertiary/aromatic N) is 1. The first-order chi connectivity index (χ1) is 13.5. The normalized spacial score (nSPS) is 12.5. The molecule has 2 aromatic carbocycles. The Bertz CT molecular complexity index is 931. The molecule has 0 saturated heterocycles. The van der Waals surface area contributed by atoms with E-state index in [2.05, 4.69) is 41.4 Å². The summed E-state index contributed by atoms with van der Waals surface area (Å²) < 4.78 is 5.90. The smallest absolute Gasteiger partial charge is 0.287 e. The molecule has 0 saturated carbocycles. The summed E-state index contributed by atoms with van der Waals surface area (Å²) in [5.74, 6) is 1.02. The lowest BCUT2D eigenvalue weighted by atomic mass is 10.0. The Morgan fingerprint density at radius 3 is 2.50 bits per heavy atom. The van der Waals surface area contributed by atoms with E-state index in [1.54, 1.807) is 11.8 Å². The van der Waals surface area contributed by atoms with Crippen LogP contribution < -0.4 is 5.32 Å². The van der Waals surface area contributed by atoms with Crippen LogP contribution in [0.3, 0.4) is 0 Å². The predicted molar refractivity (Wildman–Crippen MR) is 118 cm³/mol. The summed E-state index contributed by atoms with van der Waals surface area (Å²) in [6.45, 7) is 2.67. The summed E-state index contributed by atoms with van der Waals surface area (Å²) in [6.07, 6.45) is 3.05. The minimum Gasteiger partial charge on any atom is -0.451 e. The van der Waals surface area contributed by atoms with Crippen LogP contribution in [0.5, 0.6) is 0 Å². The standard InChI is InChI=1S/C23H28N2O2S/c1-5-16-10-12-17(13-11-16)20(25(2)3)14-24-23(26)22-19(15-28-4)18-8-6-7-9-21(18)27-22/h6-13,20H,5,14-15H2,1-4H3,(H,24,26)/t20-/m0/s1. The van der Waals surface area contributed by atoms with Crippen LogP contribution in [0.1, 0.15) is 40.2 Å². The van der Waals surface area contributed by atoms with Crippen LogP contribution in [0.2, 0.25) is 0 Å². The van der Waals surface area contributed by atoms with E-state index in [1.807, 2.05) is 44.6 Å². The Hall–Kier alpha value is -2.24. The van der Waals surface area contributed by atoms with Gasteiger partial charge in [0.25, 0.3) is 5.91 Å². The molecule has 148 valence electrons. The summed E-state index contributed by atoms with van der Waals surface area (Å²) in [5.41, 5.74) is 4.23. The highest BCUT2D eigenvalue weighted by molar-refractivity contribution is 7.97. The average Bonchev–Trinajstić information content (AvgIpc) is 3.07. The molecule has 0 bridgehead atoms. The molecular weight excluding hydrogens is 368 g/mol. The number of nitrogens with one attached hydrogen (secondary N) is 1. The summed E-state index contributed by atoms with van der Waals surface area (Å²) >= 11 is 1.69. The molecule has 1 atom stereocenters. The van der Waals surface area contributed by atoms with Gasteiger partial charge in [0.05, 0.1) is 6.04 Å². The van der Waals surface area contributed by atoms with Gasteiger partial charge in [-0.25, -0.2) is 0 Å². The van der Waals surface area contributed by atoms with Gasteiger partial charge in [-0.3, -0.25) is 4.79 Å². The van der Waals surface area contributed by atoms with Gasteiger partial charge >= 0.3 is 0 Å². The second-order valence-corrected chi connectivity index (χ2v) is 7.99. The van der Waals surface area contributed by atoms with Crippen molar-refractivity contribution in [2.45, 2.75) is 25.1 Å². The number of carbonyl (C=O) groups excluding carboxylic acids is 1. The SMILES string of the molecule is CCc1ccc([C@H](CNC(=O)c2oc3ccccc3c2CSC)N(C)C)cc1. The Kier molecular flexibility index (Phi) is 6.81. The molecule has 1 N–H and O–H groups in total. The number of carbonyl (C=O) groups is 1. The Balaban J connectivity index is 1.79. The molecule has 0 radical (unpaired) electrons. The molecular formula is C23H28N2O2S. The van der Waals surface area contributed by atoms with Crippen LogP contribution in [0.25, 0.3) is 11.0 Å². The largest absolute Gasteiger partial charge is 0.451 e. The molecule has 0 fully saturated rings. The van der Waals surface area contributed by atoms with Crippen molar-refractivity contribution in [3.63, 3.8) is 0 Å². The molecule has 0 aliphatic carbocycles. The third-order valence-electron chi connectivity index (χ3n) is 5.05. The molecule has 0 aliphatic heterocycles. The molecule has 28 heavy (non-hydrogen) atoms. The van der Waals surface area contributed by atoms with Crippen molar-refractivity contribution in [3.05, 3.63) is 71.0 Å². The minimum atomic E-state index is -0.155. The fraction of sp³-hybridized carbons (Fsp3) is 0.348. The number of hydrogen-bond donors (Lipinski definition) is 1. The van der Waals surface area contributed by atoms with Gasteiger partial charge in [-0.05, 0) is 44.0 Å². The molecule has 5 heteroatoms. The first kappa shape index (κ1) is 20.5. The maximum absolute atomic E-state index is 12.9. The number of para-hydroxylation sites is 1. The topological polar surface area (TPSA) is 45.5 Å². The predicted octanol–water partition coefficient (Wildman–Crippen LogP) is 4.89. The molecule has 1 aromatic heterocycles. The fourth-order valence-electron chi connectivity index (χ4n) is 3.41. The van der Waals surface area contributed by atoms with E-state index >= 15 is 0 Å². The highest BCUT2D eigenvalue weighted by Crippen LogP contribution is 2.29. The second kappa shape index (κ2) is 9.30. The van der Waals surface area contributed by atoms with Crippen LogP contribution >= 0.6 is 11.8 Å². The first-order valence-electron chi connectivity index (χ1n) is 9.58. The number of benzene rings is 2. The average molecular weight is 397 g/mol.